The molecule has 0 saturated carbocycles. The number of allylic oxidation sites excluding steroid dienone is 1. The average molecular weight is 526 g/mol. The number of hydrogen-bond donors (Lipinski definition) is 0. The summed E-state index contributed by atoms with van der Waals surface area (Å²) in [6.07, 6.45) is 1.87. The van der Waals surface area contributed by atoms with Gasteiger partial charge in [0.1, 0.15) is 0 Å². The van der Waals surface area contributed by atoms with Crippen molar-refractivity contribution in [3.8, 4) is 0 Å². The van der Waals surface area contributed by atoms with Crippen LogP contribution in [0, 0.1) is 0 Å². The van der Waals surface area contributed by atoms with Gasteiger partial charge in [0.05, 0.1) is 28.5 Å². The molecule has 0 spiro atoms. The number of esters is 1. The van der Waals surface area contributed by atoms with Gasteiger partial charge >= 0.3 is 5.97 Å². The Kier molecular flexibility index (Phi) is 6.67. The number of ether oxygens (including phenoxy) is 1. The largest absolute Gasteiger partial charge is 0.463 e. The minimum atomic E-state index is -0.605. The van der Waals surface area contributed by atoms with Gasteiger partial charge in [0.2, 0.25) is 0 Å². The minimum Gasteiger partial charge on any atom is -0.463 e. The van der Waals surface area contributed by atoms with E-state index in [1.807, 2.05) is 73.6 Å². The number of benzene rings is 2. The fraction of sp³-hybridized carbons (Fsp3) is 0.240. The van der Waals surface area contributed by atoms with E-state index in [0.717, 1.165) is 21.3 Å². The summed E-state index contributed by atoms with van der Waals surface area (Å²) >= 11 is 4.78. The SMILES string of the molecule is CCOC(=O)C1=C(C)N=c2s/c(=C\c3ccc(N(C)C)cc3)c(=O)n2[C@H]1c1ccc(Br)cc1. The van der Waals surface area contributed by atoms with Crippen LogP contribution in [0.1, 0.15) is 31.0 Å². The van der Waals surface area contributed by atoms with Gasteiger partial charge in [-0.3, -0.25) is 9.36 Å². The van der Waals surface area contributed by atoms with Crippen LogP contribution < -0.4 is 19.8 Å². The van der Waals surface area contributed by atoms with Crippen LogP contribution in [0.15, 0.2) is 74.1 Å². The number of rotatable bonds is 5. The van der Waals surface area contributed by atoms with Crippen molar-refractivity contribution in [1.29, 1.82) is 0 Å². The Bertz CT molecular complexity index is 1400. The molecule has 1 aromatic heterocycles. The van der Waals surface area contributed by atoms with E-state index in [1.165, 1.54) is 11.3 Å². The quantitative estimate of drug-likeness (QED) is 0.477. The van der Waals surface area contributed by atoms with Crippen molar-refractivity contribution in [2.75, 3.05) is 25.6 Å². The number of anilines is 1. The van der Waals surface area contributed by atoms with Crippen LogP contribution in [0.2, 0.25) is 0 Å². The Morgan fingerprint density at radius 2 is 1.85 bits per heavy atom. The molecule has 0 aliphatic carbocycles. The van der Waals surface area contributed by atoms with Crippen molar-refractivity contribution in [2.45, 2.75) is 19.9 Å². The summed E-state index contributed by atoms with van der Waals surface area (Å²) in [5, 5.41) is 0. The summed E-state index contributed by atoms with van der Waals surface area (Å²) in [5.74, 6) is -0.458. The number of thiazole rings is 1. The van der Waals surface area contributed by atoms with Crippen LogP contribution in [-0.2, 0) is 9.53 Å². The van der Waals surface area contributed by atoms with E-state index < -0.39 is 12.0 Å². The first-order valence-corrected chi connectivity index (χ1v) is 12.1. The number of fused-ring (bicyclic) bond motifs is 1. The van der Waals surface area contributed by atoms with E-state index >= 15 is 0 Å². The van der Waals surface area contributed by atoms with Gasteiger partial charge in [0, 0.05) is 24.3 Å². The zero-order valence-electron chi connectivity index (χ0n) is 18.8. The smallest absolute Gasteiger partial charge is 0.338 e. The molecule has 0 amide bonds. The summed E-state index contributed by atoms with van der Waals surface area (Å²) in [5.41, 5.74) is 3.58. The molecule has 8 heteroatoms. The molecule has 0 radical (unpaired) electrons. The highest BCUT2D eigenvalue weighted by Crippen LogP contribution is 2.31. The lowest BCUT2D eigenvalue weighted by molar-refractivity contribution is -0.139. The molecule has 170 valence electrons. The standard InChI is InChI=1S/C25H24BrN3O3S/c1-5-32-24(31)21-15(2)27-25-29(22(21)17-8-10-18(26)11-9-17)23(30)20(33-25)14-16-6-12-19(13-7-16)28(3)4/h6-14,22H,5H2,1-4H3/b20-14-/t22-/m0/s1. The Labute approximate surface area is 204 Å². The maximum atomic E-state index is 13.6. The molecule has 1 aliphatic rings. The monoisotopic (exact) mass is 525 g/mol. The van der Waals surface area contributed by atoms with E-state index in [0.29, 0.717) is 20.6 Å². The zero-order valence-corrected chi connectivity index (χ0v) is 21.2. The van der Waals surface area contributed by atoms with Crippen LogP contribution >= 0.6 is 27.3 Å². The second-order valence-electron chi connectivity index (χ2n) is 7.84. The second-order valence-corrected chi connectivity index (χ2v) is 9.76. The number of halogens is 1. The lowest BCUT2D eigenvalue weighted by atomic mass is 9.96. The molecular formula is C25H24BrN3O3S. The summed E-state index contributed by atoms with van der Waals surface area (Å²) in [7, 11) is 3.97. The summed E-state index contributed by atoms with van der Waals surface area (Å²) in [4.78, 5) is 33.7. The zero-order chi connectivity index (χ0) is 23.7. The third-order valence-electron chi connectivity index (χ3n) is 5.41. The Morgan fingerprint density at radius 3 is 2.45 bits per heavy atom. The third kappa shape index (κ3) is 4.58. The average Bonchev–Trinajstić information content (AvgIpc) is 3.08. The Morgan fingerprint density at radius 1 is 1.18 bits per heavy atom. The molecule has 4 rings (SSSR count). The predicted octanol–water partition coefficient (Wildman–Crippen LogP) is 3.63. The highest BCUT2D eigenvalue weighted by molar-refractivity contribution is 9.10. The molecular weight excluding hydrogens is 502 g/mol. The van der Waals surface area contributed by atoms with E-state index in [-0.39, 0.29) is 12.2 Å². The van der Waals surface area contributed by atoms with Crippen molar-refractivity contribution < 1.29 is 9.53 Å². The normalized spacial score (nSPS) is 15.8. The maximum Gasteiger partial charge on any atom is 0.338 e. The van der Waals surface area contributed by atoms with Crippen molar-refractivity contribution in [3.05, 3.63) is 95.1 Å². The Hall–Kier alpha value is -2.97. The molecule has 1 aliphatic heterocycles. The van der Waals surface area contributed by atoms with Gasteiger partial charge in [0.25, 0.3) is 5.56 Å². The van der Waals surface area contributed by atoms with E-state index in [1.54, 1.807) is 18.4 Å². The fourth-order valence-electron chi connectivity index (χ4n) is 3.77. The van der Waals surface area contributed by atoms with Crippen LogP contribution in [0.25, 0.3) is 6.08 Å². The molecule has 2 aromatic carbocycles. The van der Waals surface area contributed by atoms with Crippen molar-refractivity contribution >= 4 is 45.0 Å². The molecule has 0 bridgehead atoms. The van der Waals surface area contributed by atoms with Crippen molar-refractivity contribution in [2.24, 2.45) is 4.99 Å². The van der Waals surface area contributed by atoms with E-state index in [4.69, 9.17) is 4.74 Å². The topological polar surface area (TPSA) is 63.9 Å². The van der Waals surface area contributed by atoms with Gasteiger partial charge in [0.15, 0.2) is 4.80 Å². The predicted molar refractivity (Wildman–Crippen MR) is 135 cm³/mol. The second kappa shape index (κ2) is 9.49. The van der Waals surface area contributed by atoms with Gasteiger partial charge in [-0.15, -0.1) is 0 Å². The highest BCUT2D eigenvalue weighted by atomic mass is 79.9. The van der Waals surface area contributed by atoms with Crippen LogP contribution in [-0.4, -0.2) is 31.2 Å². The number of carbonyl (C=O) groups excluding carboxylic acids is 1. The molecule has 6 nitrogen and oxygen atoms in total. The first-order valence-electron chi connectivity index (χ1n) is 10.5. The minimum absolute atomic E-state index is 0.183. The Balaban J connectivity index is 1.90. The lowest BCUT2D eigenvalue weighted by Gasteiger charge is -2.24. The maximum absolute atomic E-state index is 13.6. The van der Waals surface area contributed by atoms with Crippen LogP contribution in [0.4, 0.5) is 5.69 Å². The molecule has 0 saturated heterocycles. The molecule has 0 unspecified atom stereocenters. The number of aromatic nitrogens is 1. The van der Waals surface area contributed by atoms with Gasteiger partial charge in [-0.1, -0.05) is 51.5 Å². The summed E-state index contributed by atoms with van der Waals surface area (Å²) in [6, 6.07) is 15.0. The van der Waals surface area contributed by atoms with Crippen molar-refractivity contribution in [1.82, 2.24) is 4.57 Å². The molecule has 0 N–H and O–H groups in total. The number of hydrogen-bond acceptors (Lipinski definition) is 6. The fourth-order valence-corrected chi connectivity index (χ4v) is 5.08. The molecule has 3 aromatic rings. The van der Waals surface area contributed by atoms with Crippen LogP contribution in [0.3, 0.4) is 0 Å². The molecule has 0 fully saturated rings. The van der Waals surface area contributed by atoms with Crippen molar-refractivity contribution in [3.63, 3.8) is 0 Å². The number of nitrogens with zero attached hydrogens (tertiary/aromatic N) is 3. The molecule has 2 heterocycles. The highest BCUT2D eigenvalue weighted by Gasteiger charge is 2.33. The third-order valence-corrected chi connectivity index (χ3v) is 6.92. The van der Waals surface area contributed by atoms with E-state index in [2.05, 4.69) is 20.9 Å². The van der Waals surface area contributed by atoms with Gasteiger partial charge < -0.3 is 9.64 Å². The van der Waals surface area contributed by atoms with Crippen LogP contribution in [0.5, 0.6) is 0 Å². The lowest BCUT2D eigenvalue weighted by Crippen LogP contribution is -2.39. The number of carbonyl (C=O) groups is 1. The van der Waals surface area contributed by atoms with Gasteiger partial charge in [-0.05, 0) is 55.3 Å². The first kappa shape index (κ1) is 23.2. The molecule has 1 atom stereocenters. The van der Waals surface area contributed by atoms with Gasteiger partial charge in [-0.2, -0.15) is 0 Å². The van der Waals surface area contributed by atoms with E-state index in [9.17, 15) is 9.59 Å². The summed E-state index contributed by atoms with van der Waals surface area (Å²) < 4.78 is 8.41. The molecule has 33 heavy (non-hydrogen) atoms. The summed E-state index contributed by atoms with van der Waals surface area (Å²) in [6.45, 7) is 3.80. The first-order chi connectivity index (χ1) is 15.8. The van der Waals surface area contributed by atoms with Gasteiger partial charge in [-0.25, -0.2) is 9.79 Å².